The number of nitrogens with zero attached hydrogens (tertiary/aromatic N) is 4. The highest BCUT2D eigenvalue weighted by Crippen LogP contribution is 2.35. The van der Waals surface area contributed by atoms with E-state index < -0.39 is 0 Å². The van der Waals surface area contributed by atoms with Gasteiger partial charge in [0.1, 0.15) is 22.9 Å². The van der Waals surface area contributed by atoms with E-state index >= 15 is 0 Å². The summed E-state index contributed by atoms with van der Waals surface area (Å²) < 4.78 is 0. The molecule has 3 aromatic rings. The molecule has 0 saturated carbocycles. The minimum atomic E-state index is 0.0485. The van der Waals surface area contributed by atoms with Crippen molar-refractivity contribution >= 4 is 22.9 Å². The Morgan fingerprint density at radius 1 is 1.09 bits per heavy atom. The zero-order valence-electron chi connectivity index (χ0n) is 18.8. The van der Waals surface area contributed by atoms with Gasteiger partial charge in [0.15, 0.2) is 5.65 Å². The predicted molar refractivity (Wildman–Crippen MR) is 126 cm³/mol. The topological polar surface area (TPSA) is 85.4 Å². The highest BCUT2D eigenvalue weighted by molar-refractivity contribution is 5.81. The maximum atomic E-state index is 12.9. The van der Waals surface area contributed by atoms with Crippen LogP contribution in [0.4, 0.5) is 5.82 Å². The number of hydrogen-bond donors (Lipinski definition) is 2. The van der Waals surface area contributed by atoms with Gasteiger partial charge >= 0.3 is 0 Å². The smallest absolute Gasteiger partial charge is 0.227 e. The fourth-order valence-electron chi connectivity index (χ4n) is 4.99. The van der Waals surface area contributed by atoms with Crippen LogP contribution in [0.15, 0.2) is 30.3 Å². The van der Waals surface area contributed by atoms with Gasteiger partial charge in [0.2, 0.25) is 5.91 Å². The molecule has 2 fully saturated rings. The first kappa shape index (κ1) is 20.8. The number of benzene rings is 1. The van der Waals surface area contributed by atoms with Gasteiger partial charge in [-0.05, 0) is 55.4 Å². The molecule has 1 atom stereocenters. The Kier molecular flexibility index (Phi) is 5.49. The molecule has 2 saturated heterocycles. The molecule has 0 aliphatic carbocycles. The number of rotatable bonds is 4. The molecule has 1 amide bonds. The number of phenolic OH excluding ortho intramolecular Hbond substituents is 1. The number of H-pyrrole nitrogens is 1. The molecule has 2 N–H and O–H groups in total. The zero-order valence-corrected chi connectivity index (χ0v) is 18.8. The molecule has 32 heavy (non-hydrogen) atoms. The zero-order chi connectivity index (χ0) is 22.2. The summed E-state index contributed by atoms with van der Waals surface area (Å²) in [5, 5.41) is 10.7. The van der Waals surface area contributed by atoms with Crippen LogP contribution in [0.2, 0.25) is 0 Å². The van der Waals surface area contributed by atoms with Gasteiger partial charge < -0.3 is 19.9 Å². The molecule has 4 heterocycles. The third kappa shape index (κ3) is 3.80. The third-order valence-corrected chi connectivity index (χ3v) is 6.79. The summed E-state index contributed by atoms with van der Waals surface area (Å²) in [4.78, 5) is 29.9. The van der Waals surface area contributed by atoms with Crippen LogP contribution in [-0.4, -0.2) is 57.0 Å². The second-order valence-electron chi connectivity index (χ2n) is 9.34. The second-order valence-corrected chi connectivity index (χ2v) is 9.34. The first-order valence-electron chi connectivity index (χ1n) is 11.7. The molecule has 0 radical (unpaired) electrons. The molecular weight excluding hydrogens is 402 g/mol. The molecule has 2 aliphatic rings. The first-order chi connectivity index (χ1) is 15.5. The number of aromatic amines is 1. The van der Waals surface area contributed by atoms with Crippen LogP contribution < -0.4 is 4.90 Å². The van der Waals surface area contributed by atoms with Gasteiger partial charge in [-0.1, -0.05) is 26.0 Å². The third-order valence-electron chi connectivity index (χ3n) is 6.79. The van der Waals surface area contributed by atoms with Crippen LogP contribution in [0, 0.1) is 5.92 Å². The summed E-state index contributed by atoms with van der Waals surface area (Å²) in [6, 6.07) is 9.71. The Morgan fingerprint density at radius 3 is 2.69 bits per heavy atom. The number of carbonyl (C=O) groups excluding carboxylic acids is 1. The van der Waals surface area contributed by atoms with E-state index in [1.165, 1.54) is 0 Å². The first-order valence-corrected chi connectivity index (χ1v) is 11.7. The van der Waals surface area contributed by atoms with Gasteiger partial charge in [0, 0.05) is 26.2 Å². The quantitative estimate of drug-likeness (QED) is 0.641. The second kappa shape index (κ2) is 8.45. The normalized spacial score (nSPS) is 19.3. The Hall–Kier alpha value is -3.09. The molecular formula is C25H31N5O2. The van der Waals surface area contributed by atoms with Gasteiger partial charge in [-0.25, -0.2) is 9.97 Å². The van der Waals surface area contributed by atoms with E-state index in [1.807, 2.05) is 35.2 Å². The monoisotopic (exact) mass is 433 g/mol. The number of nitrogens with one attached hydrogen (secondary N) is 1. The predicted octanol–water partition coefficient (Wildman–Crippen LogP) is 4.29. The van der Waals surface area contributed by atoms with E-state index in [4.69, 9.17) is 4.98 Å². The van der Waals surface area contributed by atoms with E-state index in [0.717, 1.165) is 62.2 Å². The van der Waals surface area contributed by atoms with Crippen molar-refractivity contribution in [2.75, 3.05) is 31.1 Å². The fraction of sp³-hybridized carbons (Fsp3) is 0.480. The van der Waals surface area contributed by atoms with E-state index in [0.29, 0.717) is 29.5 Å². The molecule has 5 rings (SSSR count). The van der Waals surface area contributed by atoms with Crippen LogP contribution >= 0.6 is 0 Å². The van der Waals surface area contributed by atoms with Crippen molar-refractivity contribution in [2.45, 2.75) is 45.4 Å². The summed E-state index contributed by atoms with van der Waals surface area (Å²) in [6.07, 6.45) is 4.19. The average molecular weight is 434 g/mol. The fourth-order valence-corrected chi connectivity index (χ4v) is 4.99. The number of anilines is 1. The number of aromatic nitrogens is 3. The van der Waals surface area contributed by atoms with Gasteiger partial charge in [0.25, 0.3) is 0 Å². The molecule has 0 bridgehead atoms. The number of imidazole rings is 1. The van der Waals surface area contributed by atoms with Crippen LogP contribution in [-0.2, 0) is 4.79 Å². The van der Waals surface area contributed by atoms with Crippen molar-refractivity contribution < 1.29 is 9.90 Å². The number of carbonyl (C=O) groups is 1. The Labute approximate surface area is 188 Å². The van der Waals surface area contributed by atoms with E-state index in [-0.39, 0.29) is 17.6 Å². The minimum absolute atomic E-state index is 0.0485. The van der Waals surface area contributed by atoms with E-state index in [2.05, 4.69) is 28.7 Å². The molecule has 0 spiro atoms. The van der Waals surface area contributed by atoms with Crippen LogP contribution in [0.5, 0.6) is 5.75 Å². The highest BCUT2D eigenvalue weighted by Gasteiger charge is 2.31. The van der Waals surface area contributed by atoms with Crippen molar-refractivity contribution in [3.8, 4) is 17.1 Å². The molecule has 7 nitrogen and oxygen atoms in total. The van der Waals surface area contributed by atoms with Gasteiger partial charge in [0.05, 0.1) is 11.5 Å². The maximum Gasteiger partial charge on any atom is 0.227 e. The highest BCUT2D eigenvalue weighted by atomic mass is 16.3. The van der Waals surface area contributed by atoms with Gasteiger partial charge in [-0.3, -0.25) is 4.79 Å². The molecule has 2 aromatic heterocycles. The number of fused-ring (bicyclic) bond motifs is 1. The average Bonchev–Trinajstić information content (AvgIpc) is 3.48. The number of aromatic hydroxyl groups is 1. The summed E-state index contributed by atoms with van der Waals surface area (Å²) in [5.41, 5.74) is 3.04. The van der Waals surface area contributed by atoms with Crippen LogP contribution in [0.1, 0.15) is 51.0 Å². The molecule has 2 aliphatic heterocycles. The lowest BCUT2D eigenvalue weighted by molar-refractivity contribution is -0.134. The number of piperidine rings is 1. The number of pyridine rings is 1. The van der Waals surface area contributed by atoms with Crippen LogP contribution in [0.25, 0.3) is 22.6 Å². The summed E-state index contributed by atoms with van der Waals surface area (Å²) in [6.45, 7) is 7.55. The lowest BCUT2D eigenvalue weighted by atomic mass is 9.96. The van der Waals surface area contributed by atoms with Crippen molar-refractivity contribution in [3.63, 3.8) is 0 Å². The summed E-state index contributed by atoms with van der Waals surface area (Å²) >= 11 is 0. The minimum Gasteiger partial charge on any atom is -0.507 e. The van der Waals surface area contributed by atoms with E-state index in [9.17, 15) is 9.90 Å². The van der Waals surface area contributed by atoms with Crippen molar-refractivity contribution in [3.05, 3.63) is 35.9 Å². The van der Waals surface area contributed by atoms with Crippen molar-refractivity contribution in [1.82, 2.24) is 19.9 Å². The Morgan fingerprint density at radius 2 is 1.91 bits per heavy atom. The van der Waals surface area contributed by atoms with Gasteiger partial charge in [-0.2, -0.15) is 0 Å². The lowest BCUT2D eigenvalue weighted by Crippen LogP contribution is -2.44. The number of amides is 1. The van der Waals surface area contributed by atoms with Gasteiger partial charge in [-0.15, -0.1) is 0 Å². The standard InChI is InChI=1S/C25H31N5O2/c1-16(2)18-8-5-9-19(22(18)31)23-26-20-10-11-21(27-24(20)28-23)30-14-6-7-17(15-30)25(32)29-12-3-4-13-29/h5,8-11,16-17,31H,3-4,6-7,12-15H2,1-2H3,(H,26,27,28)/t17-/m1/s1. The molecule has 7 heteroatoms. The lowest BCUT2D eigenvalue weighted by Gasteiger charge is -2.34. The largest absolute Gasteiger partial charge is 0.507 e. The number of likely N-dealkylation sites (tertiary alicyclic amines) is 1. The number of phenols is 1. The summed E-state index contributed by atoms with van der Waals surface area (Å²) in [5.74, 6) is 2.32. The SMILES string of the molecule is CC(C)c1cccc(-c2nc3ccc(N4CCC[C@@H](C(=O)N5CCCC5)C4)nc3[nH]2)c1O. The Bertz CT molecular complexity index is 1130. The van der Waals surface area contributed by atoms with Crippen LogP contribution in [0.3, 0.4) is 0 Å². The van der Waals surface area contributed by atoms with Crippen molar-refractivity contribution in [1.29, 1.82) is 0 Å². The molecule has 1 aromatic carbocycles. The summed E-state index contributed by atoms with van der Waals surface area (Å²) in [7, 11) is 0. The van der Waals surface area contributed by atoms with E-state index in [1.54, 1.807) is 0 Å². The van der Waals surface area contributed by atoms with Crippen molar-refractivity contribution in [2.24, 2.45) is 5.92 Å². The maximum absolute atomic E-state index is 12.9. The number of hydrogen-bond acceptors (Lipinski definition) is 5. The molecule has 168 valence electrons. The number of para-hydroxylation sites is 1. The molecule has 0 unspecified atom stereocenters. The Balaban J connectivity index is 1.40.